The Morgan fingerprint density at radius 2 is 1.93 bits per heavy atom. The molecule has 0 spiro atoms. The molecule has 0 amide bonds. The van der Waals surface area contributed by atoms with Crippen LogP contribution in [0.4, 0.5) is 5.69 Å². The van der Waals surface area contributed by atoms with Gasteiger partial charge in [-0.3, -0.25) is 4.79 Å². The van der Waals surface area contributed by atoms with Gasteiger partial charge in [0.1, 0.15) is 5.78 Å². The molecule has 4 heteroatoms. The molecule has 0 saturated heterocycles. The minimum Gasteiger partial charge on any atom is -0.380 e. The third kappa shape index (κ3) is 3.71. The highest BCUT2D eigenvalue weighted by Crippen LogP contribution is 2.62. The Hall–Kier alpha value is -1.39. The van der Waals surface area contributed by atoms with Gasteiger partial charge in [-0.25, -0.2) is 0 Å². The largest absolute Gasteiger partial charge is 0.380 e. The Balaban J connectivity index is 1.52. The van der Waals surface area contributed by atoms with E-state index in [1.807, 2.05) is 13.8 Å². The topological polar surface area (TPSA) is 47.6 Å². The molecule has 4 rings (SSSR count). The number of nitrogens with one attached hydrogen (secondary N) is 1. The first-order valence-corrected chi connectivity index (χ1v) is 12.0. The second kappa shape index (κ2) is 8.63. The zero-order chi connectivity index (χ0) is 21.5. The van der Waals surface area contributed by atoms with Gasteiger partial charge in [-0.1, -0.05) is 26.8 Å². The van der Waals surface area contributed by atoms with Gasteiger partial charge in [-0.2, -0.15) is 0 Å². The summed E-state index contributed by atoms with van der Waals surface area (Å²) in [6.07, 6.45) is 4.26. The fourth-order valence-electron chi connectivity index (χ4n) is 7.10. The molecule has 0 aromatic heterocycles. The molecule has 30 heavy (non-hydrogen) atoms. The maximum Gasteiger partial charge on any atom is 0.174 e. The smallest absolute Gasteiger partial charge is 0.174 e. The minimum atomic E-state index is -0.210. The maximum absolute atomic E-state index is 13.0. The minimum absolute atomic E-state index is 0.0907. The van der Waals surface area contributed by atoms with Crippen molar-refractivity contribution >= 4 is 11.5 Å². The van der Waals surface area contributed by atoms with E-state index in [1.54, 1.807) is 0 Å². The van der Waals surface area contributed by atoms with Crippen LogP contribution < -0.4 is 5.32 Å². The SMILES string of the molecule is CCOC(CNc1ccc2c(c1)CCC1C2C(C)C[C@]2(C)C(=O)C(C)CC12)OCC. The third-order valence-corrected chi connectivity index (χ3v) is 8.20. The second-order valence-electron chi connectivity index (χ2n) is 10.1. The van der Waals surface area contributed by atoms with E-state index in [1.165, 1.54) is 17.5 Å². The van der Waals surface area contributed by atoms with Crippen molar-refractivity contribution in [3.05, 3.63) is 29.3 Å². The number of benzene rings is 1. The summed E-state index contributed by atoms with van der Waals surface area (Å²) in [7, 11) is 0. The van der Waals surface area contributed by atoms with Crippen molar-refractivity contribution < 1.29 is 14.3 Å². The van der Waals surface area contributed by atoms with E-state index in [9.17, 15) is 4.79 Å². The number of hydrogen-bond donors (Lipinski definition) is 1. The summed E-state index contributed by atoms with van der Waals surface area (Å²) in [6, 6.07) is 6.91. The molecule has 3 aliphatic carbocycles. The molecule has 0 heterocycles. The second-order valence-corrected chi connectivity index (χ2v) is 10.1. The molecule has 1 aromatic carbocycles. The number of ketones is 1. The normalized spacial score (nSPS) is 35.1. The van der Waals surface area contributed by atoms with Gasteiger partial charge in [0.2, 0.25) is 0 Å². The summed E-state index contributed by atoms with van der Waals surface area (Å²) in [6.45, 7) is 12.8. The maximum atomic E-state index is 13.0. The molecule has 1 aromatic rings. The van der Waals surface area contributed by atoms with Crippen LogP contribution in [0.1, 0.15) is 70.9 Å². The van der Waals surface area contributed by atoms with Crippen LogP contribution in [-0.4, -0.2) is 31.8 Å². The molecule has 2 saturated carbocycles. The highest BCUT2D eigenvalue weighted by molar-refractivity contribution is 5.89. The number of hydrogen-bond acceptors (Lipinski definition) is 4. The average molecular weight is 414 g/mol. The highest BCUT2D eigenvalue weighted by Gasteiger charge is 2.58. The number of Topliss-reactive ketones (excluding diaryl/α,β-unsaturated/α-hetero) is 1. The summed E-state index contributed by atoms with van der Waals surface area (Å²) >= 11 is 0. The lowest BCUT2D eigenvalue weighted by Crippen LogP contribution is -2.46. The Labute approximate surface area is 182 Å². The van der Waals surface area contributed by atoms with Crippen LogP contribution in [0.15, 0.2) is 18.2 Å². The van der Waals surface area contributed by atoms with E-state index < -0.39 is 0 Å². The van der Waals surface area contributed by atoms with E-state index in [0.29, 0.717) is 49.2 Å². The number of carbonyl (C=O) groups excluding carboxylic acids is 1. The molecule has 166 valence electrons. The standard InChI is InChI=1S/C26H39NO3/c1-6-29-23(30-7-2)15-27-19-9-11-20-18(13-19)8-10-21-22-12-16(3)25(28)26(22,5)14-17(4)24(20)21/h9,11,13,16-17,21-24,27H,6-8,10,12,14-15H2,1-5H3/t16?,17?,21?,22?,24?,26-/m0/s1. The quantitative estimate of drug-likeness (QED) is 0.607. The van der Waals surface area contributed by atoms with E-state index in [4.69, 9.17) is 9.47 Å². The molecular weight excluding hydrogens is 374 g/mol. The number of anilines is 1. The molecule has 0 bridgehead atoms. The Kier molecular flexibility index (Phi) is 6.28. The van der Waals surface area contributed by atoms with Gasteiger partial charge in [0, 0.05) is 30.2 Å². The Bertz CT molecular complexity index is 772. The van der Waals surface area contributed by atoms with E-state index >= 15 is 0 Å². The fourth-order valence-corrected chi connectivity index (χ4v) is 7.10. The summed E-state index contributed by atoms with van der Waals surface area (Å²) in [5.41, 5.74) is 4.07. The molecular formula is C26H39NO3. The van der Waals surface area contributed by atoms with Crippen molar-refractivity contribution in [1.82, 2.24) is 0 Å². The molecule has 4 nitrogen and oxygen atoms in total. The van der Waals surface area contributed by atoms with E-state index in [-0.39, 0.29) is 17.6 Å². The summed E-state index contributed by atoms with van der Waals surface area (Å²) in [5.74, 6) is 3.13. The summed E-state index contributed by atoms with van der Waals surface area (Å²) in [4.78, 5) is 13.0. The van der Waals surface area contributed by atoms with Gasteiger partial charge in [0.05, 0.1) is 6.54 Å². The van der Waals surface area contributed by atoms with Crippen LogP contribution in [0.2, 0.25) is 0 Å². The molecule has 6 atom stereocenters. The van der Waals surface area contributed by atoms with Gasteiger partial charge in [0.25, 0.3) is 0 Å². The first-order valence-electron chi connectivity index (χ1n) is 12.0. The van der Waals surface area contributed by atoms with Crippen molar-refractivity contribution in [3.63, 3.8) is 0 Å². The highest BCUT2D eigenvalue weighted by atomic mass is 16.7. The number of aryl methyl sites for hydroxylation is 1. The summed E-state index contributed by atoms with van der Waals surface area (Å²) in [5, 5.41) is 3.51. The van der Waals surface area contributed by atoms with Gasteiger partial charge >= 0.3 is 0 Å². The number of rotatable bonds is 7. The first kappa shape index (κ1) is 21.8. The molecule has 0 radical (unpaired) electrons. The average Bonchev–Trinajstić information content (AvgIpc) is 2.95. The molecule has 0 aliphatic heterocycles. The fraction of sp³-hybridized carbons (Fsp3) is 0.731. The van der Waals surface area contributed by atoms with Crippen LogP contribution in [0.5, 0.6) is 0 Å². The zero-order valence-electron chi connectivity index (χ0n) is 19.4. The number of ether oxygens (including phenoxy) is 2. The first-order chi connectivity index (χ1) is 14.4. The van der Waals surface area contributed by atoms with Crippen LogP contribution in [-0.2, 0) is 20.7 Å². The lowest BCUT2D eigenvalue weighted by atomic mass is 9.52. The Morgan fingerprint density at radius 3 is 2.63 bits per heavy atom. The molecule has 1 N–H and O–H groups in total. The Morgan fingerprint density at radius 1 is 1.20 bits per heavy atom. The van der Waals surface area contributed by atoms with Crippen molar-refractivity contribution in [1.29, 1.82) is 0 Å². The van der Waals surface area contributed by atoms with Gasteiger partial charge in [-0.15, -0.1) is 0 Å². The van der Waals surface area contributed by atoms with Crippen molar-refractivity contribution in [2.24, 2.45) is 29.1 Å². The van der Waals surface area contributed by atoms with Crippen LogP contribution >= 0.6 is 0 Å². The number of carbonyl (C=O) groups is 1. The predicted octanol–water partition coefficient (Wildman–Crippen LogP) is 5.41. The van der Waals surface area contributed by atoms with E-state index in [2.05, 4.69) is 44.3 Å². The van der Waals surface area contributed by atoms with Crippen molar-refractivity contribution in [3.8, 4) is 0 Å². The molecule has 5 unspecified atom stereocenters. The molecule has 3 aliphatic rings. The third-order valence-electron chi connectivity index (χ3n) is 8.20. The number of fused-ring (bicyclic) bond motifs is 5. The van der Waals surface area contributed by atoms with E-state index in [0.717, 1.165) is 24.9 Å². The monoisotopic (exact) mass is 413 g/mol. The van der Waals surface area contributed by atoms with Crippen LogP contribution in [0.25, 0.3) is 0 Å². The van der Waals surface area contributed by atoms with Gasteiger partial charge in [0.15, 0.2) is 6.29 Å². The van der Waals surface area contributed by atoms with Gasteiger partial charge < -0.3 is 14.8 Å². The van der Waals surface area contributed by atoms with Crippen LogP contribution in [0.3, 0.4) is 0 Å². The van der Waals surface area contributed by atoms with Gasteiger partial charge in [-0.05, 0) is 86.5 Å². The molecule has 2 fully saturated rings. The zero-order valence-corrected chi connectivity index (χ0v) is 19.4. The lowest BCUT2D eigenvalue weighted by Gasteiger charge is -2.51. The lowest BCUT2D eigenvalue weighted by molar-refractivity contribution is -0.133. The summed E-state index contributed by atoms with van der Waals surface area (Å²) < 4.78 is 11.3. The predicted molar refractivity (Wildman–Crippen MR) is 121 cm³/mol. The van der Waals surface area contributed by atoms with Crippen LogP contribution in [0, 0.1) is 29.1 Å². The van der Waals surface area contributed by atoms with Crippen molar-refractivity contribution in [2.75, 3.05) is 25.1 Å². The van der Waals surface area contributed by atoms with Crippen molar-refractivity contribution in [2.45, 2.75) is 72.5 Å².